The monoisotopic (exact) mass is 388 g/mol. The van der Waals surface area contributed by atoms with Gasteiger partial charge in [0.05, 0.1) is 22.8 Å². The van der Waals surface area contributed by atoms with Crippen LogP contribution in [0.5, 0.6) is 0 Å². The molecule has 3 heterocycles. The van der Waals surface area contributed by atoms with E-state index in [0.29, 0.717) is 16.5 Å². The predicted octanol–water partition coefficient (Wildman–Crippen LogP) is 5.13. The van der Waals surface area contributed by atoms with Gasteiger partial charge in [0.1, 0.15) is 11.5 Å². The fraction of sp³-hybridized carbons (Fsp3) is 0. The third kappa shape index (κ3) is 2.62. The van der Waals surface area contributed by atoms with Crippen molar-refractivity contribution >= 4 is 56.5 Å². The minimum Gasteiger partial charge on any atom is -0.478 e. The number of hydrogen-bond donors (Lipinski definition) is 2. The molecule has 136 valence electrons. The molecule has 5 rings (SSSR count). The van der Waals surface area contributed by atoms with E-state index in [1.165, 1.54) is 0 Å². The number of pyridine rings is 1. The highest BCUT2D eigenvalue weighted by molar-refractivity contribution is 6.30. The number of hydrogen-bond acceptors (Lipinski definition) is 4. The van der Waals surface area contributed by atoms with Gasteiger partial charge in [-0.05, 0) is 48.5 Å². The van der Waals surface area contributed by atoms with Gasteiger partial charge in [0.2, 0.25) is 0 Å². The zero-order valence-corrected chi connectivity index (χ0v) is 15.2. The highest BCUT2D eigenvalue weighted by atomic mass is 35.5. The molecule has 0 saturated carbocycles. The zero-order valence-electron chi connectivity index (χ0n) is 14.4. The van der Waals surface area contributed by atoms with Crippen LogP contribution in [-0.4, -0.2) is 25.4 Å². The SMILES string of the molecule is O=C(O)c1ccc2c(c1)cc1nc(Nc3cccc(Cl)c3)c3ccncc3n12. The van der Waals surface area contributed by atoms with Crippen molar-refractivity contribution < 1.29 is 9.90 Å². The quantitative estimate of drug-likeness (QED) is 0.448. The Kier molecular flexibility index (Phi) is 3.67. The Morgan fingerprint density at radius 3 is 2.79 bits per heavy atom. The second-order valence-electron chi connectivity index (χ2n) is 6.41. The van der Waals surface area contributed by atoms with Gasteiger partial charge in [-0.3, -0.25) is 9.38 Å². The lowest BCUT2D eigenvalue weighted by atomic mass is 10.1. The smallest absolute Gasteiger partial charge is 0.335 e. The van der Waals surface area contributed by atoms with E-state index in [2.05, 4.69) is 10.3 Å². The lowest BCUT2D eigenvalue weighted by molar-refractivity contribution is 0.0697. The van der Waals surface area contributed by atoms with Crippen LogP contribution in [0.25, 0.3) is 27.5 Å². The molecule has 0 aliphatic heterocycles. The van der Waals surface area contributed by atoms with E-state index in [9.17, 15) is 9.90 Å². The fourth-order valence-electron chi connectivity index (χ4n) is 3.41. The third-order valence-electron chi connectivity index (χ3n) is 4.64. The van der Waals surface area contributed by atoms with Crippen molar-refractivity contribution in [3.63, 3.8) is 0 Å². The van der Waals surface area contributed by atoms with E-state index in [4.69, 9.17) is 16.6 Å². The lowest BCUT2D eigenvalue weighted by Crippen LogP contribution is -2.00. The largest absolute Gasteiger partial charge is 0.478 e. The van der Waals surface area contributed by atoms with Gasteiger partial charge in [-0.1, -0.05) is 17.7 Å². The van der Waals surface area contributed by atoms with E-state index in [0.717, 1.165) is 27.5 Å². The minimum atomic E-state index is -0.958. The number of benzene rings is 2. The van der Waals surface area contributed by atoms with Crippen LogP contribution in [0, 0.1) is 0 Å². The maximum atomic E-state index is 11.3. The Balaban J connectivity index is 1.79. The molecule has 0 amide bonds. The molecule has 7 heteroatoms. The van der Waals surface area contributed by atoms with Gasteiger partial charge >= 0.3 is 5.97 Å². The molecule has 0 unspecified atom stereocenters. The number of rotatable bonds is 3. The van der Waals surface area contributed by atoms with Crippen molar-refractivity contribution in [2.75, 3.05) is 5.32 Å². The molecule has 6 nitrogen and oxygen atoms in total. The number of carboxylic acids is 1. The van der Waals surface area contributed by atoms with Crippen molar-refractivity contribution in [2.24, 2.45) is 0 Å². The summed E-state index contributed by atoms with van der Waals surface area (Å²) in [6, 6.07) is 16.2. The predicted molar refractivity (Wildman–Crippen MR) is 110 cm³/mol. The Hall–Kier alpha value is -3.64. The van der Waals surface area contributed by atoms with E-state index < -0.39 is 5.97 Å². The van der Waals surface area contributed by atoms with Crippen LogP contribution in [0.15, 0.2) is 67.0 Å². The summed E-state index contributed by atoms with van der Waals surface area (Å²) < 4.78 is 1.98. The summed E-state index contributed by atoms with van der Waals surface area (Å²) >= 11 is 6.10. The van der Waals surface area contributed by atoms with Crippen molar-refractivity contribution in [2.45, 2.75) is 0 Å². The van der Waals surface area contributed by atoms with E-state index >= 15 is 0 Å². The van der Waals surface area contributed by atoms with Crippen LogP contribution < -0.4 is 5.32 Å². The molecule has 28 heavy (non-hydrogen) atoms. The summed E-state index contributed by atoms with van der Waals surface area (Å²) in [7, 11) is 0. The third-order valence-corrected chi connectivity index (χ3v) is 4.87. The number of aromatic carboxylic acids is 1. The van der Waals surface area contributed by atoms with Crippen LogP contribution in [0.4, 0.5) is 11.5 Å². The van der Waals surface area contributed by atoms with E-state index in [1.807, 2.05) is 40.8 Å². The second kappa shape index (κ2) is 6.21. The van der Waals surface area contributed by atoms with E-state index in [-0.39, 0.29) is 5.56 Å². The highest BCUT2D eigenvalue weighted by Crippen LogP contribution is 2.30. The van der Waals surface area contributed by atoms with Crippen molar-refractivity contribution in [1.82, 2.24) is 14.4 Å². The zero-order chi connectivity index (χ0) is 19.3. The topological polar surface area (TPSA) is 79.5 Å². The number of aromatic nitrogens is 3. The molecule has 0 fully saturated rings. The van der Waals surface area contributed by atoms with Gasteiger partial charge in [-0.15, -0.1) is 0 Å². The highest BCUT2D eigenvalue weighted by Gasteiger charge is 2.14. The Bertz CT molecular complexity index is 1390. The summed E-state index contributed by atoms with van der Waals surface area (Å²) in [5, 5.41) is 14.9. The van der Waals surface area contributed by atoms with Gasteiger partial charge in [0, 0.05) is 27.7 Å². The van der Waals surface area contributed by atoms with Gasteiger partial charge in [-0.2, -0.15) is 0 Å². The van der Waals surface area contributed by atoms with E-state index in [1.54, 1.807) is 30.6 Å². The Morgan fingerprint density at radius 2 is 1.96 bits per heavy atom. The first-order valence-electron chi connectivity index (χ1n) is 8.55. The first kappa shape index (κ1) is 16.5. The summed E-state index contributed by atoms with van der Waals surface area (Å²) in [6.07, 6.45) is 3.49. The average Bonchev–Trinajstić information content (AvgIpc) is 3.05. The number of carbonyl (C=O) groups is 1. The van der Waals surface area contributed by atoms with Crippen LogP contribution >= 0.6 is 11.6 Å². The van der Waals surface area contributed by atoms with Crippen molar-refractivity contribution in [3.8, 4) is 0 Å². The molecule has 0 spiro atoms. The standard InChI is InChI=1S/C21H13ClN4O2/c22-14-2-1-3-15(10-14)24-20-16-6-7-23-11-18(16)26-17-5-4-12(21(27)28)8-13(17)9-19(26)25-20/h1-11H,(H,24,25)(H,27,28). The summed E-state index contributed by atoms with van der Waals surface area (Å²) in [4.78, 5) is 20.3. The number of fused-ring (bicyclic) bond motifs is 5. The number of nitrogens with zero attached hydrogens (tertiary/aromatic N) is 3. The second-order valence-corrected chi connectivity index (χ2v) is 6.84. The van der Waals surface area contributed by atoms with Gasteiger partial charge in [-0.25, -0.2) is 9.78 Å². The first-order valence-corrected chi connectivity index (χ1v) is 8.93. The Labute approximate surface area is 164 Å². The Morgan fingerprint density at radius 1 is 1.07 bits per heavy atom. The minimum absolute atomic E-state index is 0.239. The molecule has 0 aliphatic rings. The average molecular weight is 389 g/mol. The normalized spacial score (nSPS) is 11.3. The number of halogens is 1. The maximum Gasteiger partial charge on any atom is 0.335 e. The van der Waals surface area contributed by atoms with Crippen LogP contribution in [0.1, 0.15) is 10.4 Å². The molecule has 0 atom stereocenters. The molecule has 0 radical (unpaired) electrons. The summed E-state index contributed by atoms with van der Waals surface area (Å²) in [5.74, 6) is -0.284. The number of nitrogens with one attached hydrogen (secondary N) is 1. The van der Waals surface area contributed by atoms with Crippen LogP contribution in [0.2, 0.25) is 5.02 Å². The van der Waals surface area contributed by atoms with Crippen molar-refractivity contribution in [3.05, 3.63) is 77.6 Å². The molecular weight excluding hydrogens is 376 g/mol. The maximum absolute atomic E-state index is 11.3. The molecule has 3 aromatic heterocycles. The summed E-state index contributed by atoms with van der Waals surface area (Å²) in [5.41, 5.74) is 3.51. The van der Waals surface area contributed by atoms with Gasteiger partial charge in [0.15, 0.2) is 0 Å². The molecule has 5 aromatic rings. The number of anilines is 2. The first-order chi connectivity index (χ1) is 13.6. The molecule has 2 aromatic carbocycles. The van der Waals surface area contributed by atoms with Crippen molar-refractivity contribution in [1.29, 1.82) is 0 Å². The van der Waals surface area contributed by atoms with Gasteiger partial charge in [0.25, 0.3) is 0 Å². The number of carboxylic acid groups (broad SMARTS) is 1. The van der Waals surface area contributed by atoms with Gasteiger partial charge < -0.3 is 10.4 Å². The molecule has 2 N–H and O–H groups in total. The molecule has 0 bridgehead atoms. The summed E-state index contributed by atoms with van der Waals surface area (Å²) in [6.45, 7) is 0. The molecule has 0 saturated heterocycles. The van der Waals surface area contributed by atoms with Crippen LogP contribution in [-0.2, 0) is 0 Å². The molecular formula is C21H13ClN4O2. The van der Waals surface area contributed by atoms with Crippen LogP contribution in [0.3, 0.4) is 0 Å². The molecule has 0 aliphatic carbocycles. The fourth-order valence-corrected chi connectivity index (χ4v) is 3.60. The lowest BCUT2D eigenvalue weighted by Gasteiger charge is -2.11.